The Morgan fingerprint density at radius 3 is 3.00 bits per heavy atom. The molecule has 0 atom stereocenters. The molecule has 0 aliphatic carbocycles. The number of nitrogens with two attached hydrogens (primary N) is 1. The van der Waals surface area contributed by atoms with Crippen molar-refractivity contribution in [2.45, 2.75) is 25.8 Å². The second kappa shape index (κ2) is 5.50. The Labute approximate surface area is 119 Å². The minimum atomic E-state index is -0.419. The second-order valence-corrected chi connectivity index (χ2v) is 5.68. The number of ether oxygens (including phenoxy) is 1. The minimum absolute atomic E-state index is 0.192. The Balaban J connectivity index is 1.78. The van der Waals surface area contributed by atoms with Gasteiger partial charge in [-0.3, -0.25) is 9.78 Å². The van der Waals surface area contributed by atoms with Gasteiger partial charge in [0.1, 0.15) is 0 Å². The molecular weight excluding hydrogens is 254 g/mol. The van der Waals surface area contributed by atoms with Gasteiger partial charge in [-0.25, -0.2) is 0 Å². The van der Waals surface area contributed by atoms with E-state index in [0.29, 0.717) is 26.3 Å². The van der Waals surface area contributed by atoms with Crippen LogP contribution in [0.4, 0.5) is 0 Å². The van der Waals surface area contributed by atoms with Crippen LogP contribution in [0.5, 0.6) is 0 Å². The number of carbonyl (C=O) groups excluding carboxylic acids is 1. The maximum absolute atomic E-state index is 12.9. The molecule has 3 heterocycles. The first-order valence-corrected chi connectivity index (χ1v) is 7.25. The van der Waals surface area contributed by atoms with Crippen molar-refractivity contribution in [3.8, 4) is 0 Å². The van der Waals surface area contributed by atoms with Gasteiger partial charge in [-0.15, -0.1) is 0 Å². The zero-order valence-corrected chi connectivity index (χ0v) is 11.7. The maximum atomic E-state index is 12.9. The lowest BCUT2D eigenvalue weighted by molar-refractivity contribution is -0.148. The Hall–Kier alpha value is -1.46. The van der Waals surface area contributed by atoms with Crippen LogP contribution in [-0.4, -0.2) is 42.1 Å². The van der Waals surface area contributed by atoms with Crippen molar-refractivity contribution in [2.24, 2.45) is 11.1 Å². The molecule has 1 aromatic rings. The van der Waals surface area contributed by atoms with Crippen LogP contribution in [0.25, 0.3) is 0 Å². The third-order valence-electron chi connectivity index (χ3n) is 4.55. The van der Waals surface area contributed by atoms with E-state index in [0.717, 1.165) is 37.1 Å². The summed E-state index contributed by atoms with van der Waals surface area (Å²) in [7, 11) is 0. The van der Waals surface area contributed by atoms with E-state index in [1.54, 1.807) is 0 Å². The summed E-state index contributed by atoms with van der Waals surface area (Å²) in [4.78, 5) is 19.2. The molecule has 3 rings (SSSR count). The average Bonchev–Trinajstić information content (AvgIpc) is 2.54. The van der Waals surface area contributed by atoms with Crippen molar-refractivity contribution in [2.75, 3.05) is 26.3 Å². The lowest BCUT2D eigenvalue weighted by atomic mass is 9.78. The summed E-state index contributed by atoms with van der Waals surface area (Å²) in [5.41, 5.74) is 7.78. The van der Waals surface area contributed by atoms with Crippen molar-refractivity contribution in [1.82, 2.24) is 9.88 Å². The molecule has 1 fully saturated rings. The molecule has 5 nitrogen and oxygen atoms in total. The first kappa shape index (κ1) is 13.5. The van der Waals surface area contributed by atoms with Gasteiger partial charge in [0.25, 0.3) is 0 Å². The van der Waals surface area contributed by atoms with Crippen LogP contribution in [0.15, 0.2) is 18.3 Å². The molecule has 0 saturated carbocycles. The Morgan fingerprint density at radius 1 is 1.45 bits per heavy atom. The number of carbonyl (C=O) groups is 1. The van der Waals surface area contributed by atoms with E-state index in [2.05, 4.69) is 11.1 Å². The van der Waals surface area contributed by atoms with Gasteiger partial charge in [-0.05, 0) is 24.5 Å². The molecule has 2 aliphatic rings. The van der Waals surface area contributed by atoms with Gasteiger partial charge in [0.2, 0.25) is 5.91 Å². The molecule has 0 bridgehead atoms. The molecule has 2 aliphatic heterocycles. The highest BCUT2D eigenvalue weighted by Crippen LogP contribution is 2.33. The van der Waals surface area contributed by atoms with Gasteiger partial charge < -0.3 is 15.4 Å². The summed E-state index contributed by atoms with van der Waals surface area (Å²) >= 11 is 0. The fourth-order valence-electron chi connectivity index (χ4n) is 3.14. The fourth-order valence-corrected chi connectivity index (χ4v) is 3.14. The van der Waals surface area contributed by atoms with Crippen LogP contribution in [0.3, 0.4) is 0 Å². The second-order valence-electron chi connectivity index (χ2n) is 5.68. The molecule has 0 aromatic carbocycles. The Kier molecular flexibility index (Phi) is 3.72. The van der Waals surface area contributed by atoms with E-state index >= 15 is 0 Å². The summed E-state index contributed by atoms with van der Waals surface area (Å²) in [6.45, 7) is 3.07. The van der Waals surface area contributed by atoms with Crippen molar-refractivity contribution < 1.29 is 9.53 Å². The summed E-state index contributed by atoms with van der Waals surface area (Å²) in [6, 6.07) is 3.99. The Morgan fingerprint density at radius 2 is 2.25 bits per heavy atom. The number of fused-ring (bicyclic) bond motifs is 1. The standard InChI is InChI=1S/C15H21N3O2/c16-11-15(4-8-20-9-5-15)14(19)18-7-3-13-12(10-18)2-1-6-17-13/h1-2,6H,3-5,7-11,16H2. The summed E-state index contributed by atoms with van der Waals surface area (Å²) < 4.78 is 5.38. The number of hydrogen-bond donors (Lipinski definition) is 1. The first-order valence-electron chi connectivity index (χ1n) is 7.25. The monoisotopic (exact) mass is 275 g/mol. The van der Waals surface area contributed by atoms with E-state index < -0.39 is 5.41 Å². The van der Waals surface area contributed by atoms with Crippen LogP contribution < -0.4 is 5.73 Å². The quantitative estimate of drug-likeness (QED) is 0.863. The average molecular weight is 275 g/mol. The SMILES string of the molecule is NCC1(C(=O)N2CCc3ncccc3C2)CCOCC1. The zero-order valence-electron chi connectivity index (χ0n) is 11.7. The van der Waals surface area contributed by atoms with Gasteiger partial charge in [0.15, 0.2) is 0 Å². The van der Waals surface area contributed by atoms with Crippen LogP contribution in [0, 0.1) is 5.41 Å². The molecule has 1 aromatic heterocycles. The van der Waals surface area contributed by atoms with Crippen LogP contribution in [-0.2, 0) is 22.5 Å². The molecule has 0 spiro atoms. The molecule has 1 amide bonds. The van der Waals surface area contributed by atoms with Gasteiger partial charge in [0.05, 0.1) is 5.41 Å². The van der Waals surface area contributed by atoms with Crippen LogP contribution >= 0.6 is 0 Å². The maximum Gasteiger partial charge on any atom is 0.230 e. The Bertz CT molecular complexity index is 498. The predicted molar refractivity (Wildman–Crippen MR) is 74.9 cm³/mol. The fraction of sp³-hybridized carbons (Fsp3) is 0.600. The number of rotatable bonds is 2. The summed E-state index contributed by atoms with van der Waals surface area (Å²) in [5, 5.41) is 0. The number of aromatic nitrogens is 1. The number of pyridine rings is 1. The molecule has 0 radical (unpaired) electrons. The van der Waals surface area contributed by atoms with E-state index in [-0.39, 0.29) is 5.91 Å². The smallest absolute Gasteiger partial charge is 0.230 e. The molecule has 108 valence electrons. The predicted octanol–water partition coefficient (Wildman–Crippen LogP) is 0.722. The zero-order chi connectivity index (χ0) is 14.0. The minimum Gasteiger partial charge on any atom is -0.381 e. The van der Waals surface area contributed by atoms with E-state index in [1.165, 1.54) is 0 Å². The van der Waals surface area contributed by atoms with Gasteiger partial charge in [0, 0.05) is 51.2 Å². The molecule has 20 heavy (non-hydrogen) atoms. The van der Waals surface area contributed by atoms with E-state index in [9.17, 15) is 4.79 Å². The number of amides is 1. The summed E-state index contributed by atoms with van der Waals surface area (Å²) in [5.74, 6) is 0.192. The van der Waals surface area contributed by atoms with Gasteiger partial charge in [-0.1, -0.05) is 6.07 Å². The summed E-state index contributed by atoms with van der Waals surface area (Å²) in [6.07, 6.45) is 4.12. The lowest BCUT2D eigenvalue weighted by Gasteiger charge is -2.40. The molecule has 5 heteroatoms. The number of nitrogens with zero attached hydrogens (tertiary/aromatic N) is 2. The van der Waals surface area contributed by atoms with Crippen LogP contribution in [0.2, 0.25) is 0 Å². The molecule has 2 N–H and O–H groups in total. The normalized spacial score (nSPS) is 21.4. The first-order chi connectivity index (χ1) is 9.75. The third-order valence-corrected chi connectivity index (χ3v) is 4.55. The highest BCUT2D eigenvalue weighted by atomic mass is 16.5. The highest BCUT2D eigenvalue weighted by molar-refractivity contribution is 5.83. The lowest BCUT2D eigenvalue weighted by Crippen LogP contribution is -2.52. The van der Waals surface area contributed by atoms with Crippen molar-refractivity contribution in [3.05, 3.63) is 29.6 Å². The van der Waals surface area contributed by atoms with Crippen molar-refractivity contribution in [3.63, 3.8) is 0 Å². The highest BCUT2D eigenvalue weighted by Gasteiger charge is 2.42. The van der Waals surface area contributed by atoms with Crippen molar-refractivity contribution >= 4 is 5.91 Å². The van der Waals surface area contributed by atoms with E-state index in [1.807, 2.05) is 17.2 Å². The third kappa shape index (κ3) is 2.31. The van der Waals surface area contributed by atoms with Gasteiger partial charge >= 0.3 is 0 Å². The molecule has 1 saturated heterocycles. The molecule has 0 unspecified atom stereocenters. The van der Waals surface area contributed by atoms with E-state index in [4.69, 9.17) is 10.5 Å². The van der Waals surface area contributed by atoms with Gasteiger partial charge in [-0.2, -0.15) is 0 Å². The topological polar surface area (TPSA) is 68.5 Å². The largest absolute Gasteiger partial charge is 0.381 e. The van der Waals surface area contributed by atoms with Crippen LogP contribution in [0.1, 0.15) is 24.1 Å². The van der Waals surface area contributed by atoms with Crippen molar-refractivity contribution in [1.29, 1.82) is 0 Å². The molecular formula is C15H21N3O2. The number of hydrogen-bond acceptors (Lipinski definition) is 4.